The molecule has 1 aliphatic rings. The number of amides is 2. The quantitative estimate of drug-likeness (QED) is 0.653. The topological polar surface area (TPSA) is 111 Å². The minimum Gasteiger partial charge on any atom is -0.481 e. The molecule has 0 radical (unpaired) electrons. The van der Waals surface area contributed by atoms with Crippen LogP contribution in [-0.4, -0.2) is 28.6 Å². The number of hydrogen-bond acceptors (Lipinski definition) is 4. The summed E-state index contributed by atoms with van der Waals surface area (Å²) in [4.78, 5) is 36.2. The molecule has 1 aliphatic carbocycles. The number of nitrogens with one attached hydrogen (secondary N) is 3. The molecule has 0 bridgehead atoms. The van der Waals surface area contributed by atoms with Gasteiger partial charge < -0.3 is 20.7 Å². The fourth-order valence-electron chi connectivity index (χ4n) is 2.64. The van der Waals surface area contributed by atoms with Gasteiger partial charge in [0, 0.05) is 17.6 Å². The van der Waals surface area contributed by atoms with Crippen molar-refractivity contribution in [3.8, 4) is 0 Å². The van der Waals surface area contributed by atoms with Crippen molar-refractivity contribution in [2.45, 2.75) is 32.2 Å². The van der Waals surface area contributed by atoms with Crippen LogP contribution in [0.3, 0.4) is 0 Å². The van der Waals surface area contributed by atoms with E-state index < -0.39 is 5.97 Å². The maximum atomic E-state index is 11.7. The van der Waals surface area contributed by atoms with Gasteiger partial charge in [-0.3, -0.25) is 9.59 Å². The van der Waals surface area contributed by atoms with E-state index in [4.69, 9.17) is 5.11 Å². The lowest BCUT2D eigenvalue weighted by Crippen LogP contribution is -2.41. The van der Waals surface area contributed by atoms with E-state index in [1.807, 2.05) is 0 Å². The summed E-state index contributed by atoms with van der Waals surface area (Å²) in [6, 6.07) is -0.350. The lowest BCUT2D eigenvalue weighted by molar-refractivity contribution is -0.144. The van der Waals surface area contributed by atoms with Crippen molar-refractivity contribution < 1.29 is 14.7 Å². The molecule has 0 aromatic carbocycles. The highest BCUT2D eigenvalue weighted by molar-refractivity contribution is 7.07. The molecule has 1 aromatic rings. The van der Waals surface area contributed by atoms with Crippen molar-refractivity contribution in [1.82, 2.24) is 15.6 Å². The predicted octanol–water partition coefficient (Wildman–Crippen LogP) is 1.13. The highest BCUT2D eigenvalue weighted by Crippen LogP contribution is 2.29. The van der Waals surface area contributed by atoms with Gasteiger partial charge >= 0.3 is 16.9 Å². The molecule has 1 saturated carbocycles. The number of carboxylic acid groups (broad SMARTS) is 1. The molecule has 1 fully saturated rings. The van der Waals surface area contributed by atoms with E-state index in [0.29, 0.717) is 18.7 Å². The number of urea groups is 1. The molecule has 8 heteroatoms. The van der Waals surface area contributed by atoms with E-state index in [2.05, 4.69) is 15.6 Å². The number of carbonyl (C=O) groups excluding carboxylic acids is 1. The van der Waals surface area contributed by atoms with Crippen LogP contribution in [0.4, 0.5) is 4.79 Å². The van der Waals surface area contributed by atoms with Crippen molar-refractivity contribution in [1.29, 1.82) is 0 Å². The number of carbonyl (C=O) groups is 2. The van der Waals surface area contributed by atoms with Crippen LogP contribution in [0.15, 0.2) is 10.2 Å². The summed E-state index contributed by atoms with van der Waals surface area (Å²) >= 11 is 1.05. The minimum absolute atomic E-state index is 0.0112. The van der Waals surface area contributed by atoms with Gasteiger partial charge in [0.05, 0.1) is 12.5 Å². The van der Waals surface area contributed by atoms with Crippen molar-refractivity contribution in [2.75, 3.05) is 6.54 Å². The van der Waals surface area contributed by atoms with Gasteiger partial charge in [0.15, 0.2) is 0 Å². The summed E-state index contributed by atoms with van der Waals surface area (Å²) in [7, 11) is 0. The van der Waals surface area contributed by atoms with Crippen LogP contribution >= 0.6 is 11.3 Å². The van der Waals surface area contributed by atoms with Gasteiger partial charge in [0.25, 0.3) is 0 Å². The van der Waals surface area contributed by atoms with E-state index in [0.717, 1.165) is 30.6 Å². The van der Waals surface area contributed by atoms with Crippen molar-refractivity contribution in [3.05, 3.63) is 20.7 Å². The summed E-state index contributed by atoms with van der Waals surface area (Å²) in [5.41, 5.74) is 0.654. The SMILES string of the molecule is O=C(NCc1csc(=O)[nH]1)NCC1CCCCC1C(=O)O. The molecule has 2 rings (SSSR count). The van der Waals surface area contributed by atoms with Gasteiger partial charge in [0.1, 0.15) is 0 Å². The Hall–Kier alpha value is -1.83. The molecule has 1 aromatic heterocycles. The molecule has 2 amide bonds. The van der Waals surface area contributed by atoms with E-state index in [-0.39, 0.29) is 29.3 Å². The molecule has 4 N–H and O–H groups in total. The zero-order chi connectivity index (χ0) is 15.2. The maximum absolute atomic E-state index is 11.7. The highest BCUT2D eigenvalue weighted by atomic mass is 32.1. The van der Waals surface area contributed by atoms with Gasteiger partial charge in [-0.1, -0.05) is 24.2 Å². The first-order valence-electron chi connectivity index (χ1n) is 6.97. The highest BCUT2D eigenvalue weighted by Gasteiger charge is 2.30. The number of H-pyrrole nitrogens is 1. The van der Waals surface area contributed by atoms with E-state index in [1.54, 1.807) is 5.38 Å². The van der Waals surface area contributed by atoms with Crippen LogP contribution in [0, 0.1) is 11.8 Å². The van der Waals surface area contributed by atoms with Crippen LogP contribution in [0.25, 0.3) is 0 Å². The number of aromatic nitrogens is 1. The third-order valence-electron chi connectivity index (χ3n) is 3.76. The lowest BCUT2D eigenvalue weighted by Gasteiger charge is -2.28. The minimum atomic E-state index is -0.780. The monoisotopic (exact) mass is 313 g/mol. The van der Waals surface area contributed by atoms with E-state index in [1.165, 1.54) is 0 Å². The first-order valence-corrected chi connectivity index (χ1v) is 7.85. The summed E-state index contributed by atoms with van der Waals surface area (Å²) < 4.78 is 0. The van der Waals surface area contributed by atoms with Crippen LogP contribution in [0.2, 0.25) is 0 Å². The molecule has 21 heavy (non-hydrogen) atoms. The second kappa shape index (κ2) is 7.26. The Bertz CT molecular complexity index is 554. The molecule has 116 valence electrons. The second-order valence-electron chi connectivity index (χ2n) is 5.23. The zero-order valence-corrected chi connectivity index (χ0v) is 12.4. The number of aliphatic carboxylic acids is 1. The van der Waals surface area contributed by atoms with Crippen LogP contribution in [-0.2, 0) is 11.3 Å². The Balaban J connectivity index is 1.75. The fraction of sp³-hybridized carbons (Fsp3) is 0.615. The molecule has 0 saturated heterocycles. The van der Waals surface area contributed by atoms with Crippen LogP contribution in [0.5, 0.6) is 0 Å². The van der Waals surface area contributed by atoms with Crippen LogP contribution in [0.1, 0.15) is 31.4 Å². The normalized spacial score (nSPS) is 21.7. The Labute approximate surface area is 125 Å². The number of thiazole rings is 1. The maximum Gasteiger partial charge on any atom is 0.315 e. The molecule has 0 aliphatic heterocycles. The summed E-state index contributed by atoms with van der Waals surface area (Å²) in [5.74, 6) is -1.16. The van der Waals surface area contributed by atoms with Crippen molar-refractivity contribution >= 4 is 23.3 Å². The second-order valence-corrected chi connectivity index (χ2v) is 6.07. The summed E-state index contributed by atoms with van der Waals surface area (Å²) in [6.45, 7) is 0.612. The molecule has 2 unspecified atom stereocenters. The van der Waals surface area contributed by atoms with E-state index >= 15 is 0 Å². The molecular formula is C13H19N3O4S. The van der Waals surface area contributed by atoms with Crippen molar-refractivity contribution in [2.24, 2.45) is 11.8 Å². The molecule has 1 heterocycles. The summed E-state index contributed by atoms with van der Waals surface area (Å²) in [5, 5.41) is 16.2. The average Bonchev–Trinajstić information content (AvgIpc) is 2.88. The Kier molecular flexibility index (Phi) is 5.38. The Morgan fingerprint density at radius 3 is 2.76 bits per heavy atom. The number of rotatable bonds is 5. The van der Waals surface area contributed by atoms with Gasteiger partial charge in [-0.15, -0.1) is 0 Å². The van der Waals surface area contributed by atoms with E-state index in [9.17, 15) is 14.4 Å². The standard InChI is InChI=1S/C13H19N3O4S/c17-11(18)10-4-2-1-3-8(10)5-14-12(19)15-6-9-7-21-13(20)16-9/h7-8,10H,1-6H2,(H,16,20)(H,17,18)(H2,14,15,19). The zero-order valence-electron chi connectivity index (χ0n) is 11.6. The number of hydrogen-bond donors (Lipinski definition) is 4. The predicted molar refractivity (Wildman–Crippen MR) is 78.3 cm³/mol. The fourth-order valence-corrected chi connectivity index (χ4v) is 3.22. The van der Waals surface area contributed by atoms with Crippen LogP contribution < -0.4 is 15.5 Å². The molecule has 2 atom stereocenters. The third kappa shape index (κ3) is 4.59. The van der Waals surface area contributed by atoms with Gasteiger partial charge in [-0.05, 0) is 18.8 Å². The van der Waals surface area contributed by atoms with Gasteiger partial charge in [-0.2, -0.15) is 0 Å². The number of carboxylic acids is 1. The largest absolute Gasteiger partial charge is 0.481 e. The van der Waals surface area contributed by atoms with Gasteiger partial charge in [-0.25, -0.2) is 4.79 Å². The third-order valence-corrected chi connectivity index (χ3v) is 4.48. The van der Waals surface area contributed by atoms with Crippen molar-refractivity contribution in [3.63, 3.8) is 0 Å². The first-order chi connectivity index (χ1) is 10.1. The first kappa shape index (κ1) is 15.6. The Morgan fingerprint density at radius 2 is 2.10 bits per heavy atom. The summed E-state index contributed by atoms with van der Waals surface area (Å²) in [6.07, 6.45) is 3.45. The number of aromatic amines is 1. The molecule has 0 spiro atoms. The molecule has 7 nitrogen and oxygen atoms in total. The van der Waals surface area contributed by atoms with Gasteiger partial charge in [0.2, 0.25) is 0 Å². The Morgan fingerprint density at radius 1 is 1.33 bits per heavy atom. The smallest absolute Gasteiger partial charge is 0.315 e. The average molecular weight is 313 g/mol. The molecular weight excluding hydrogens is 294 g/mol. The lowest BCUT2D eigenvalue weighted by atomic mass is 9.79.